The first kappa shape index (κ1) is 61.1. The fourth-order valence-corrected chi connectivity index (χ4v) is 15.9. The van der Waals surface area contributed by atoms with E-state index in [1.807, 2.05) is 12.1 Å². The second kappa shape index (κ2) is 26.2. The summed E-state index contributed by atoms with van der Waals surface area (Å²) in [7, 11) is 0. The van der Waals surface area contributed by atoms with E-state index >= 15 is 4.39 Å². The summed E-state index contributed by atoms with van der Waals surface area (Å²) in [5, 5.41) is 4.77. The molecule has 1 aliphatic rings. The Labute approximate surface area is 595 Å². The SMILES string of the molecule is Fc1ccc(N(c2ccc(-c3cccc4cccc(-c5ccccc5)c34)cc2)c2ccc3c(c2)C(c2ccccc2)(c2cccc(-c4cc(-c5ccccc5)c5c(-c6ccc(-c7ccc(N(c8ccccc8)c8ccc(-c9ccccc9)cc8)cc7)cc6)cccc5c4)c2)c2ccccc2-3)cc1. The average Bonchev–Trinajstić information content (AvgIpc) is 1.52. The molecule has 0 aromatic heterocycles. The van der Waals surface area contributed by atoms with Gasteiger partial charge < -0.3 is 9.80 Å². The molecule has 17 aromatic rings. The van der Waals surface area contributed by atoms with Crippen LogP contribution in [0.25, 0.3) is 111 Å². The standard InChI is InChI=1S/C99H67FN2/c100-82-52-60-87(61-53-82)102(86-58-50-75(51-59-86)90-39-20-29-76-28-19-38-89(97(76)90)72-24-8-2-9-25-72)88-62-63-93-92-37-16-17-41-95(92)99(96(93)67-88,80-32-12-4-13-33-80)81-34-18-30-77(65-81)79-64-78-31-21-40-91(98(78)94(66-79)73-26-10-3-11-27-73)74-44-42-69(43-45-74)71-48-56-85(57-49-71)101(83-35-14-5-15-36-83)84-54-46-70(47-55-84)68-22-6-1-7-23-68/h1-67H. The first-order valence-electron chi connectivity index (χ1n) is 35.0. The van der Waals surface area contributed by atoms with Crippen molar-refractivity contribution in [1.82, 2.24) is 0 Å². The Bertz CT molecular complexity index is 5880. The van der Waals surface area contributed by atoms with Gasteiger partial charge in [0.05, 0.1) is 5.41 Å². The predicted molar refractivity (Wildman–Crippen MR) is 426 cm³/mol. The summed E-state index contributed by atoms with van der Waals surface area (Å²) >= 11 is 0. The van der Waals surface area contributed by atoms with Crippen LogP contribution in [-0.4, -0.2) is 0 Å². The molecule has 480 valence electrons. The molecule has 1 unspecified atom stereocenters. The summed E-state index contributed by atoms with van der Waals surface area (Å²) in [5.74, 6) is -0.285. The molecule has 0 radical (unpaired) electrons. The van der Waals surface area contributed by atoms with E-state index in [1.165, 1.54) is 77.4 Å². The lowest BCUT2D eigenvalue weighted by molar-refractivity contribution is 0.628. The average molecular weight is 1300 g/mol. The van der Waals surface area contributed by atoms with Crippen LogP contribution in [0.4, 0.5) is 38.5 Å². The molecule has 1 aliphatic carbocycles. The van der Waals surface area contributed by atoms with Crippen LogP contribution in [0.3, 0.4) is 0 Å². The molecule has 18 rings (SSSR count). The fraction of sp³-hybridized carbons (Fsp3) is 0.0101. The normalized spacial score (nSPS) is 13.0. The molecule has 0 amide bonds. The monoisotopic (exact) mass is 1300 g/mol. The molecule has 102 heavy (non-hydrogen) atoms. The molecule has 3 heteroatoms. The van der Waals surface area contributed by atoms with Crippen LogP contribution in [0.1, 0.15) is 22.3 Å². The number of para-hydroxylation sites is 1. The van der Waals surface area contributed by atoms with Crippen LogP contribution >= 0.6 is 0 Å². The third-order valence-electron chi connectivity index (χ3n) is 20.6. The third kappa shape index (κ3) is 11.0. The number of fused-ring (bicyclic) bond motifs is 5. The molecule has 0 fully saturated rings. The maximum Gasteiger partial charge on any atom is 0.123 e. The second-order valence-corrected chi connectivity index (χ2v) is 26.4. The van der Waals surface area contributed by atoms with Crippen LogP contribution in [0.15, 0.2) is 406 Å². The van der Waals surface area contributed by atoms with Gasteiger partial charge in [0.2, 0.25) is 0 Å². The van der Waals surface area contributed by atoms with Gasteiger partial charge in [-0.05, 0) is 236 Å². The topological polar surface area (TPSA) is 6.48 Å². The van der Waals surface area contributed by atoms with Crippen molar-refractivity contribution in [2.75, 3.05) is 9.80 Å². The highest BCUT2D eigenvalue weighted by molar-refractivity contribution is 6.09. The highest BCUT2D eigenvalue weighted by atomic mass is 19.1. The Morgan fingerprint density at radius 2 is 0.539 bits per heavy atom. The minimum absolute atomic E-state index is 0.285. The van der Waals surface area contributed by atoms with E-state index < -0.39 is 5.41 Å². The molecule has 2 nitrogen and oxygen atoms in total. The minimum Gasteiger partial charge on any atom is -0.311 e. The van der Waals surface area contributed by atoms with Gasteiger partial charge in [0.1, 0.15) is 5.82 Å². The van der Waals surface area contributed by atoms with Crippen molar-refractivity contribution in [3.8, 4) is 89.0 Å². The zero-order valence-electron chi connectivity index (χ0n) is 56.0. The summed E-state index contributed by atoms with van der Waals surface area (Å²) in [4.78, 5) is 4.59. The van der Waals surface area contributed by atoms with Gasteiger partial charge in [0.15, 0.2) is 0 Å². The van der Waals surface area contributed by atoms with E-state index in [2.05, 4.69) is 392 Å². The minimum atomic E-state index is -0.749. The molecule has 0 saturated carbocycles. The third-order valence-corrected chi connectivity index (χ3v) is 20.6. The van der Waals surface area contributed by atoms with E-state index in [9.17, 15) is 0 Å². The molecular weight excluding hydrogens is 1240 g/mol. The van der Waals surface area contributed by atoms with E-state index in [4.69, 9.17) is 0 Å². The summed E-state index contributed by atoms with van der Waals surface area (Å²) < 4.78 is 15.1. The summed E-state index contributed by atoms with van der Waals surface area (Å²) in [5.41, 5.74) is 28.6. The first-order valence-corrected chi connectivity index (χ1v) is 35.0. The number of hydrogen-bond acceptors (Lipinski definition) is 2. The quantitative estimate of drug-likeness (QED) is 0.101. The smallest absolute Gasteiger partial charge is 0.123 e. The number of halogens is 1. The molecule has 1 atom stereocenters. The molecule has 0 N–H and O–H groups in total. The fourth-order valence-electron chi connectivity index (χ4n) is 15.9. The number of benzene rings is 17. The van der Waals surface area contributed by atoms with Gasteiger partial charge in [-0.15, -0.1) is 0 Å². The van der Waals surface area contributed by atoms with Gasteiger partial charge in [-0.2, -0.15) is 0 Å². The van der Waals surface area contributed by atoms with Crippen molar-refractivity contribution in [3.05, 3.63) is 435 Å². The Hall–Kier alpha value is -13.2. The highest BCUT2D eigenvalue weighted by Gasteiger charge is 2.46. The summed E-state index contributed by atoms with van der Waals surface area (Å²) in [6, 6.07) is 146. The van der Waals surface area contributed by atoms with Crippen molar-refractivity contribution in [2.45, 2.75) is 5.41 Å². The Kier molecular flexibility index (Phi) is 15.7. The summed E-state index contributed by atoms with van der Waals surface area (Å²) in [6.45, 7) is 0. The van der Waals surface area contributed by atoms with Crippen molar-refractivity contribution >= 4 is 55.7 Å². The van der Waals surface area contributed by atoms with E-state index in [0.29, 0.717) is 0 Å². The molecular formula is C99H67FN2. The molecule has 0 spiro atoms. The Balaban J connectivity index is 0.717. The number of nitrogens with zero attached hydrogens (tertiary/aromatic N) is 2. The van der Waals surface area contributed by atoms with Crippen LogP contribution in [0, 0.1) is 5.82 Å². The maximum absolute atomic E-state index is 15.1. The maximum atomic E-state index is 15.1. The van der Waals surface area contributed by atoms with Gasteiger partial charge in [0.25, 0.3) is 0 Å². The van der Waals surface area contributed by atoms with Gasteiger partial charge in [-0.1, -0.05) is 303 Å². The molecule has 0 aliphatic heterocycles. The number of rotatable bonds is 15. The Morgan fingerprint density at radius 1 is 0.186 bits per heavy atom. The number of anilines is 6. The van der Waals surface area contributed by atoms with Gasteiger partial charge in [0, 0.05) is 34.1 Å². The van der Waals surface area contributed by atoms with E-state index in [1.54, 1.807) is 12.1 Å². The molecule has 0 bridgehead atoms. The largest absolute Gasteiger partial charge is 0.311 e. The van der Waals surface area contributed by atoms with E-state index in [-0.39, 0.29) is 5.82 Å². The lowest BCUT2D eigenvalue weighted by atomic mass is 9.67. The zero-order chi connectivity index (χ0) is 67.9. The lowest BCUT2D eigenvalue weighted by Crippen LogP contribution is -2.29. The first-order chi connectivity index (χ1) is 50.5. The predicted octanol–water partition coefficient (Wildman–Crippen LogP) is 27.1. The Morgan fingerprint density at radius 3 is 1.11 bits per heavy atom. The van der Waals surface area contributed by atoms with Gasteiger partial charge in [-0.25, -0.2) is 4.39 Å². The van der Waals surface area contributed by atoms with Gasteiger partial charge in [-0.3, -0.25) is 0 Å². The van der Waals surface area contributed by atoms with Crippen LogP contribution in [-0.2, 0) is 5.41 Å². The highest BCUT2D eigenvalue weighted by Crippen LogP contribution is 2.58. The molecule has 0 heterocycles. The van der Waals surface area contributed by atoms with Crippen LogP contribution < -0.4 is 9.80 Å². The van der Waals surface area contributed by atoms with Crippen molar-refractivity contribution in [3.63, 3.8) is 0 Å². The van der Waals surface area contributed by atoms with E-state index in [0.717, 1.165) is 89.6 Å². The second-order valence-electron chi connectivity index (χ2n) is 26.4. The van der Waals surface area contributed by atoms with Gasteiger partial charge >= 0.3 is 0 Å². The van der Waals surface area contributed by atoms with Crippen molar-refractivity contribution < 1.29 is 4.39 Å². The lowest BCUT2D eigenvalue weighted by Gasteiger charge is -2.35. The van der Waals surface area contributed by atoms with Crippen molar-refractivity contribution in [2.24, 2.45) is 0 Å². The summed E-state index contributed by atoms with van der Waals surface area (Å²) in [6.07, 6.45) is 0. The van der Waals surface area contributed by atoms with Crippen LogP contribution in [0.2, 0.25) is 0 Å². The van der Waals surface area contributed by atoms with Crippen molar-refractivity contribution in [1.29, 1.82) is 0 Å². The molecule has 17 aromatic carbocycles. The van der Waals surface area contributed by atoms with Crippen LogP contribution in [0.5, 0.6) is 0 Å². The number of hydrogen-bond donors (Lipinski definition) is 0. The zero-order valence-corrected chi connectivity index (χ0v) is 56.0. The molecule has 0 saturated heterocycles.